The number of nitrogens with two attached hydrogens (primary N) is 3. The lowest BCUT2D eigenvalue weighted by Gasteiger charge is -2.27. The third-order valence-corrected chi connectivity index (χ3v) is 7.31. The normalized spacial score (nSPS) is 20.8. The number of benzene rings is 2. The fourth-order valence-corrected chi connectivity index (χ4v) is 4.94. The molecule has 0 unspecified atom stereocenters. The molecule has 41 heavy (non-hydrogen) atoms. The van der Waals surface area contributed by atoms with Crippen LogP contribution in [0.3, 0.4) is 0 Å². The fraction of sp³-hybridized carbons (Fsp3) is 0.250. The maximum atomic E-state index is 12.4. The minimum absolute atomic E-state index is 0.00704. The number of ether oxygens (including phenoxy) is 1. The number of fused-ring (bicyclic) bond motifs is 1. The van der Waals surface area contributed by atoms with E-state index in [9.17, 15) is 23.4 Å². The number of carbonyl (C=O) groups is 1. The molecule has 1 aliphatic heterocycles. The van der Waals surface area contributed by atoms with Gasteiger partial charge in [-0.25, -0.2) is 9.71 Å². The van der Waals surface area contributed by atoms with Crippen LogP contribution >= 0.6 is 0 Å². The highest BCUT2D eigenvalue weighted by Crippen LogP contribution is 2.33. The van der Waals surface area contributed by atoms with Crippen molar-refractivity contribution in [2.24, 2.45) is 5.73 Å². The number of aliphatic hydroxyl groups excluding tert-OH is 1. The zero-order chi connectivity index (χ0) is 29.4. The van der Waals surface area contributed by atoms with Crippen molar-refractivity contribution in [3.63, 3.8) is 0 Å². The van der Waals surface area contributed by atoms with E-state index in [1.807, 2.05) is 12.1 Å². The molecular formula is C24H27N9O7S. The van der Waals surface area contributed by atoms with Gasteiger partial charge in [0.05, 0.1) is 25.1 Å². The van der Waals surface area contributed by atoms with Gasteiger partial charge in [0.25, 0.3) is 5.91 Å². The summed E-state index contributed by atoms with van der Waals surface area (Å²) in [5, 5.41) is 25.4. The molecule has 1 amide bonds. The molecule has 2 aromatic heterocycles. The third kappa shape index (κ3) is 5.62. The molecule has 1 fully saturated rings. The number of nitrogens with zero attached hydrogens (tertiary/aromatic N) is 4. The van der Waals surface area contributed by atoms with Crippen molar-refractivity contribution in [2.75, 3.05) is 30.0 Å². The number of nitrogens with one attached hydrogen (secondary N) is 2. The predicted molar refractivity (Wildman–Crippen MR) is 146 cm³/mol. The van der Waals surface area contributed by atoms with Gasteiger partial charge < -0.3 is 37.5 Å². The molecule has 0 aliphatic carbocycles. The Kier molecular flexibility index (Phi) is 7.47. The van der Waals surface area contributed by atoms with E-state index in [4.69, 9.17) is 26.1 Å². The molecule has 10 N–H and O–H groups in total. The van der Waals surface area contributed by atoms with Crippen molar-refractivity contribution in [3.05, 3.63) is 66.0 Å². The van der Waals surface area contributed by atoms with Crippen LogP contribution in [0.15, 0.2) is 54.9 Å². The van der Waals surface area contributed by atoms with E-state index < -0.39 is 47.4 Å². The molecule has 0 saturated carbocycles. The first-order valence-corrected chi connectivity index (χ1v) is 13.6. The Balaban J connectivity index is 1.31. The second-order valence-corrected chi connectivity index (χ2v) is 10.5. The fourth-order valence-electron chi connectivity index (χ4n) is 4.23. The molecule has 1 aliphatic rings. The topological polar surface area (TPSA) is 256 Å². The Morgan fingerprint density at radius 1 is 1.17 bits per heavy atom. The average Bonchev–Trinajstić information content (AvgIpc) is 3.50. The van der Waals surface area contributed by atoms with E-state index in [0.29, 0.717) is 12.2 Å². The minimum atomic E-state index is -4.63. The molecule has 0 spiro atoms. The van der Waals surface area contributed by atoms with Crippen LogP contribution in [0.25, 0.3) is 11.2 Å². The molecule has 3 heterocycles. The quantitative estimate of drug-likeness (QED) is 0.120. The van der Waals surface area contributed by atoms with Crippen LogP contribution in [0.2, 0.25) is 0 Å². The molecule has 4 aromatic rings. The molecule has 1 saturated heterocycles. The van der Waals surface area contributed by atoms with Crippen molar-refractivity contribution in [1.29, 1.82) is 0 Å². The molecular weight excluding hydrogens is 558 g/mol. The van der Waals surface area contributed by atoms with Gasteiger partial charge >= 0.3 is 10.3 Å². The second kappa shape index (κ2) is 10.9. The summed E-state index contributed by atoms with van der Waals surface area (Å²) in [6.07, 6.45) is -1.82. The number of nitrogen functional groups attached to an aromatic ring is 2. The molecule has 17 heteroatoms. The number of hydrogen-bond acceptors (Lipinski definition) is 14. The summed E-state index contributed by atoms with van der Waals surface area (Å²) in [6.45, 7) is -0.827. The summed E-state index contributed by atoms with van der Waals surface area (Å²) >= 11 is 0. The second-order valence-electron chi connectivity index (χ2n) is 9.18. The van der Waals surface area contributed by atoms with Gasteiger partial charge in [0, 0.05) is 17.9 Å². The summed E-state index contributed by atoms with van der Waals surface area (Å²) in [5.74, 6) is -0.906. The van der Waals surface area contributed by atoms with Gasteiger partial charge in [-0.1, -0.05) is 24.3 Å². The van der Waals surface area contributed by atoms with Gasteiger partial charge in [0.1, 0.15) is 17.7 Å². The number of hydrogen-bond donors (Lipinski definition) is 7. The number of carbonyl (C=O) groups excluding carboxylic acids is 1. The van der Waals surface area contributed by atoms with Gasteiger partial charge in [0.2, 0.25) is 5.95 Å². The van der Waals surface area contributed by atoms with E-state index in [0.717, 1.165) is 10.1 Å². The number of anilines is 4. The van der Waals surface area contributed by atoms with Gasteiger partial charge in [-0.2, -0.15) is 18.4 Å². The molecule has 3 atom stereocenters. The van der Waals surface area contributed by atoms with Crippen LogP contribution in [0, 0.1) is 0 Å². The van der Waals surface area contributed by atoms with Crippen LogP contribution in [0.4, 0.5) is 23.1 Å². The highest BCUT2D eigenvalue weighted by atomic mass is 32.2. The molecule has 0 bridgehead atoms. The third-order valence-electron chi connectivity index (χ3n) is 6.43. The number of amides is 1. The summed E-state index contributed by atoms with van der Waals surface area (Å²) < 4.78 is 37.9. The van der Waals surface area contributed by atoms with Crippen molar-refractivity contribution in [1.82, 2.24) is 24.2 Å². The average molecular weight is 586 g/mol. The number of para-hydroxylation sites is 1. The molecule has 2 aromatic carbocycles. The Morgan fingerprint density at radius 3 is 2.61 bits per heavy atom. The van der Waals surface area contributed by atoms with Crippen molar-refractivity contribution < 1.29 is 32.3 Å². The maximum absolute atomic E-state index is 12.4. The van der Waals surface area contributed by atoms with Gasteiger partial charge in [-0.15, -0.1) is 0 Å². The van der Waals surface area contributed by atoms with Crippen molar-refractivity contribution in [3.8, 4) is 0 Å². The lowest BCUT2D eigenvalue weighted by atomic mass is 10.1. The summed E-state index contributed by atoms with van der Waals surface area (Å²) in [5.41, 5.74) is 17.1. The van der Waals surface area contributed by atoms with Gasteiger partial charge in [-0.3, -0.25) is 13.5 Å². The largest absolute Gasteiger partial charge is 0.398 e. The minimum Gasteiger partial charge on any atom is -0.398 e. The number of aromatic nitrogens is 4. The highest BCUT2D eigenvalue weighted by Gasteiger charge is 2.51. The summed E-state index contributed by atoms with van der Waals surface area (Å²) in [7, 11) is -4.63. The van der Waals surface area contributed by atoms with Crippen LogP contribution in [0.1, 0.15) is 15.9 Å². The van der Waals surface area contributed by atoms with Crippen LogP contribution in [0.5, 0.6) is 0 Å². The van der Waals surface area contributed by atoms with Gasteiger partial charge in [-0.05, 0) is 29.8 Å². The zero-order valence-electron chi connectivity index (χ0n) is 21.3. The maximum Gasteiger partial charge on any atom is 0.362 e. The van der Waals surface area contributed by atoms with Crippen LogP contribution in [-0.2, 0) is 31.5 Å². The van der Waals surface area contributed by atoms with Crippen molar-refractivity contribution in [2.45, 2.75) is 24.5 Å². The Morgan fingerprint density at radius 2 is 1.90 bits per heavy atom. The van der Waals surface area contributed by atoms with Crippen LogP contribution in [-0.4, -0.2) is 69.5 Å². The van der Waals surface area contributed by atoms with Crippen LogP contribution < -0.4 is 27.2 Å². The first-order valence-electron chi connectivity index (χ1n) is 12.2. The standard InChI is InChI=1S/C24H27N9O7S/c25-9-13-5-7-14(8-6-13)29-23-30-20(27)18-21(31-23)33(12-28-18)24(36)11-39-17(19(24)34)10-40-41(37,38)32-22(35)15-3-1-2-4-16(15)26/h1-8,12,17,19,34,36H,9-11,25-26H2,(H,32,35)(H3,27,29,30,31)/t17-,19-,24+/m1/s1. The number of rotatable bonds is 9. The first kappa shape index (κ1) is 28.1. The van der Waals surface area contributed by atoms with E-state index in [2.05, 4.69) is 20.3 Å². The molecule has 16 nitrogen and oxygen atoms in total. The lowest BCUT2D eigenvalue weighted by Crippen LogP contribution is -2.47. The van der Waals surface area contributed by atoms with E-state index in [-0.39, 0.29) is 34.2 Å². The van der Waals surface area contributed by atoms with E-state index >= 15 is 0 Å². The monoisotopic (exact) mass is 585 g/mol. The first-order chi connectivity index (χ1) is 19.5. The predicted octanol–water partition coefficient (Wildman–Crippen LogP) is -0.711. The SMILES string of the molecule is NCc1ccc(Nc2nc(N)c3ncn([C@]4(O)CO[C@H](COS(=O)(=O)NC(=O)c5ccccc5N)[C@H]4O)c3n2)cc1. The molecule has 216 valence electrons. The summed E-state index contributed by atoms with van der Waals surface area (Å²) in [6, 6.07) is 13.1. The Labute approximate surface area is 233 Å². The van der Waals surface area contributed by atoms with E-state index in [1.165, 1.54) is 24.5 Å². The summed E-state index contributed by atoms with van der Waals surface area (Å²) in [4.78, 5) is 25.1. The zero-order valence-corrected chi connectivity index (χ0v) is 22.2. The van der Waals surface area contributed by atoms with E-state index in [1.54, 1.807) is 22.9 Å². The Bertz CT molecular complexity index is 1700. The number of aliphatic hydroxyl groups is 2. The smallest absolute Gasteiger partial charge is 0.362 e. The van der Waals surface area contributed by atoms with Gasteiger partial charge in [0.15, 0.2) is 17.2 Å². The number of imidazole rings is 1. The Hall–Kier alpha value is -4.39. The lowest BCUT2D eigenvalue weighted by molar-refractivity contribution is -0.109. The van der Waals surface area contributed by atoms with Crippen molar-refractivity contribution >= 4 is 50.5 Å². The molecule has 5 rings (SSSR count). The molecule has 0 radical (unpaired) electrons. The highest BCUT2D eigenvalue weighted by molar-refractivity contribution is 7.85.